The molecular weight excluding hydrogens is 466 g/mol. The van der Waals surface area contributed by atoms with Crippen molar-refractivity contribution in [3.8, 4) is 5.75 Å². The van der Waals surface area contributed by atoms with Crippen LogP contribution in [0.1, 0.15) is 44.4 Å². The fourth-order valence-electron chi connectivity index (χ4n) is 5.10. The molecule has 1 fully saturated rings. The van der Waals surface area contributed by atoms with Gasteiger partial charge in [-0.1, -0.05) is 30.3 Å². The normalized spacial score (nSPS) is 19.8. The van der Waals surface area contributed by atoms with Crippen LogP contribution in [0.5, 0.6) is 5.75 Å². The van der Waals surface area contributed by atoms with Crippen molar-refractivity contribution in [3.05, 3.63) is 71.9 Å². The van der Waals surface area contributed by atoms with Gasteiger partial charge >= 0.3 is 6.09 Å². The monoisotopic (exact) mass is 506 g/mol. The summed E-state index contributed by atoms with van der Waals surface area (Å²) in [6.45, 7) is 9.77. The number of methoxy groups -OCH3 is 1. The van der Waals surface area contributed by atoms with Crippen LogP contribution in [-0.2, 0) is 11.2 Å². The number of hydrogen-bond donors (Lipinski definition) is 1. The Morgan fingerprint density at radius 3 is 2.62 bits per heavy atom. The molecule has 0 bridgehead atoms. The lowest BCUT2D eigenvalue weighted by molar-refractivity contribution is -0.860. The van der Waals surface area contributed by atoms with Crippen LogP contribution in [-0.4, -0.2) is 77.5 Å². The number of nitrogens with zero attached hydrogens (tertiary/aromatic N) is 3. The first-order valence-electron chi connectivity index (χ1n) is 13.2. The lowest BCUT2D eigenvalue weighted by Gasteiger charge is -2.37. The summed E-state index contributed by atoms with van der Waals surface area (Å²) < 4.78 is 11.4. The minimum atomic E-state index is -0.860. The second-order valence-electron chi connectivity index (χ2n) is 11.0. The standard InChI is InChI=1S/C30H40N3O4/c1-30(2,3)37-29(35)33(19-8-16-32(18-20-33)17-14-23-9-6-5-7-10-23)22-28(34)25-13-15-31-27-12-11-24(36-4)21-26(25)27/h5-7,9-13,15,21,28,34H,8,14,16-20,22H2,1-4H3/q+1/t28-,33?/m1/s1. The summed E-state index contributed by atoms with van der Waals surface area (Å²) in [5, 5.41) is 12.4. The van der Waals surface area contributed by atoms with Gasteiger partial charge in [0.15, 0.2) is 0 Å². The zero-order valence-electron chi connectivity index (χ0n) is 22.5. The van der Waals surface area contributed by atoms with E-state index in [0.29, 0.717) is 18.8 Å². The maximum Gasteiger partial charge on any atom is 0.516 e. The predicted octanol–water partition coefficient (Wildman–Crippen LogP) is 4.98. The van der Waals surface area contributed by atoms with Crippen molar-refractivity contribution < 1.29 is 23.9 Å². The molecule has 37 heavy (non-hydrogen) atoms. The van der Waals surface area contributed by atoms with Gasteiger partial charge in [-0.25, -0.2) is 4.48 Å². The molecule has 2 aromatic carbocycles. The van der Waals surface area contributed by atoms with Gasteiger partial charge in [-0.15, -0.1) is 0 Å². The molecule has 1 unspecified atom stereocenters. The summed E-state index contributed by atoms with van der Waals surface area (Å²) in [4.78, 5) is 20.6. The number of fused-ring (bicyclic) bond motifs is 1. The molecule has 0 radical (unpaired) electrons. The van der Waals surface area contributed by atoms with Crippen molar-refractivity contribution in [1.29, 1.82) is 0 Å². The van der Waals surface area contributed by atoms with Crippen molar-refractivity contribution >= 4 is 17.0 Å². The van der Waals surface area contributed by atoms with Crippen LogP contribution in [0.25, 0.3) is 10.9 Å². The van der Waals surface area contributed by atoms with Crippen LogP contribution < -0.4 is 4.74 Å². The smallest absolute Gasteiger partial charge is 0.497 e. The van der Waals surface area contributed by atoms with Gasteiger partial charge in [0, 0.05) is 37.6 Å². The molecule has 198 valence electrons. The summed E-state index contributed by atoms with van der Waals surface area (Å²) in [5.41, 5.74) is 2.23. The fraction of sp³-hybridized carbons (Fsp3) is 0.467. The zero-order valence-corrected chi connectivity index (χ0v) is 22.5. The van der Waals surface area contributed by atoms with Gasteiger partial charge < -0.3 is 14.6 Å². The lowest BCUT2D eigenvalue weighted by atomic mass is 10.0. The Kier molecular flexibility index (Phi) is 8.47. The fourth-order valence-corrected chi connectivity index (χ4v) is 5.10. The Hall–Kier alpha value is -3.00. The number of pyridine rings is 1. The Morgan fingerprint density at radius 1 is 1.11 bits per heavy atom. The van der Waals surface area contributed by atoms with E-state index in [1.165, 1.54) is 5.56 Å². The van der Waals surface area contributed by atoms with E-state index >= 15 is 0 Å². The molecule has 1 amide bonds. The third kappa shape index (κ3) is 6.86. The molecule has 7 heteroatoms. The molecule has 0 aliphatic carbocycles. The molecule has 7 nitrogen and oxygen atoms in total. The number of aliphatic hydroxyl groups excluding tert-OH is 1. The summed E-state index contributed by atoms with van der Waals surface area (Å²) in [6.07, 6.45) is 2.40. The molecular formula is C30H40N3O4+. The molecule has 3 aromatic rings. The van der Waals surface area contributed by atoms with Crippen molar-refractivity contribution in [3.63, 3.8) is 0 Å². The van der Waals surface area contributed by atoms with Gasteiger partial charge in [0.05, 0.1) is 19.2 Å². The number of ether oxygens (including phenoxy) is 2. The molecule has 1 aliphatic rings. The molecule has 1 aliphatic heterocycles. The minimum absolute atomic E-state index is 0.0913. The summed E-state index contributed by atoms with van der Waals surface area (Å²) in [7, 11) is 1.62. The third-order valence-electron chi connectivity index (χ3n) is 7.11. The minimum Gasteiger partial charge on any atom is -0.497 e. The largest absolute Gasteiger partial charge is 0.516 e. The van der Waals surface area contributed by atoms with Gasteiger partial charge in [0.1, 0.15) is 30.5 Å². The average Bonchev–Trinajstić information content (AvgIpc) is 3.09. The van der Waals surface area contributed by atoms with Gasteiger partial charge in [0.2, 0.25) is 0 Å². The highest BCUT2D eigenvalue weighted by molar-refractivity contribution is 5.83. The molecule has 1 N–H and O–H groups in total. The van der Waals surface area contributed by atoms with Gasteiger partial charge in [0.25, 0.3) is 0 Å². The number of quaternary nitrogens is 1. The van der Waals surface area contributed by atoms with Crippen LogP contribution in [0, 0.1) is 0 Å². The number of carbonyl (C=O) groups is 1. The van der Waals surface area contributed by atoms with E-state index < -0.39 is 11.7 Å². The number of aromatic nitrogens is 1. The molecule has 1 aromatic heterocycles. The van der Waals surface area contributed by atoms with Gasteiger partial charge in [-0.3, -0.25) is 9.88 Å². The van der Waals surface area contributed by atoms with Crippen molar-refractivity contribution in [2.45, 2.75) is 45.3 Å². The average molecular weight is 507 g/mol. The number of benzene rings is 2. The number of carbonyl (C=O) groups excluding carboxylic acids is 1. The van der Waals surface area contributed by atoms with E-state index in [9.17, 15) is 9.90 Å². The highest BCUT2D eigenvalue weighted by Gasteiger charge is 2.44. The van der Waals surface area contributed by atoms with E-state index in [1.54, 1.807) is 13.3 Å². The van der Waals surface area contributed by atoms with Crippen molar-refractivity contribution in [2.75, 3.05) is 46.4 Å². The van der Waals surface area contributed by atoms with E-state index in [-0.39, 0.29) is 17.1 Å². The van der Waals surface area contributed by atoms with Crippen LogP contribution in [0.2, 0.25) is 0 Å². The topological polar surface area (TPSA) is 71.9 Å². The predicted molar refractivity (Wildman–Crippen MR) is 146 cm³/mol. The quantitative estimate of drug-likeness (QED) is 0.456. The number of hydrogen-bond acceptors (Lipinski definition) is 6. The highest BCUT2D eigenvalue weighted by Crippen LogP contribution is 2.30. The molecule has 2 heterocycles. The SMILES string of the molecule is COc1ccc2nccc([C@H](O)C[N+]3(C(=O)OC(C)(C)C)CCCN(CCc4ccccc4)CC3)c2c1. The maximum atomic E-state index is 13.7. The number of amides is 1. The zero-order chi connectivity index (χ0) is 26.5. The highest BCUT2D eigenvalue weighted by atomic mass is 16.6. The Balaban J connectivity index is 1.57. The van der Waals surface area contributed by atoms with Gasteiger partial charge in [-0.2, -0.15) is 4.79 Å². The first-order valence-corrected chi connectivity index (χ1v) is 13.2. The van der Waals surface area contributed by atoms with Crippen LogP contribution in [0.15, 0.2) is 60.8 Å². The van der Waals surface area contributed by atoms with Crippen LogP contribution in [0.4, 0.5) is 4.79 Å². The maximum absolute atomic E-state index is 13.7. The summed E-state index contributed by atoms with van der Waals surface area (Å²) in [5.74, 6) is 0.703. The van der Waals surface area contributed by atoms with E-state index in [4.69, 9.17) is 9.47 Å². The molecule has 0 saturated carbocycles. The van der Waals surface area contributed by atoms with Crippen molar-refractivity contribution in [1.82, 2.24) is 9.88 Å². The van der Waals surface area contributed by atoms with E-state index in [1.807, 2.05) is 51.1 Å². The summed E-state index contributed by atoms with van der Waals surface area (Å²) in [6, 6.07) is 18.0. The molecule has 4 rings (SSSR count). The second-order valence-corrected chi connectivity index (χ2v) is 11.0. The summed E-state index contributed by atoms with van der Waals surface area (Å²) >= 11 is 0. The van der Waals surface area contributed by atoms with Gasteiger partial charge in [-0.05, 0) is 62.6 Å². The van der Waals surface area contributed by atoms with E-state index in [0.717, 1.165) is 48.9 Å². The Bertz CT molecular complexity index is 1190. The Labute approximate surface area is 220 Å². The second kappa shape index (κ2) is 11.6. The van der Waals surface area contributed by atoms with E-state index in [2.05, 4.69) is 34.1 Å². The third-order valence-corrected chi connectivity index (χ3v) is 7.11. The molecule has 2 atom stereocenters. The lowest BCUT2D eigenvalue weighted by Crippen LogP contribution is -2.58. The number of aliphatic hydroxyl groups is 1. The first-order chi connectivity index (χ1) is 17.7. The number of rotatable bonds is 7. The molecule has 1 saturated heterocycles. The van der Waals surface area contributed by atoms with Crippen molar-refractivity contribution in [2.24, 2.45) is 0 Å². The molecule has 0 spiro atoms. The Morgan fingerprint density at radius 2 is 1.89 bits per heavy atom. The van der Waals surface area contributed by atoms with Crippen LogP contribution >= 0.6 is 0 Å². The van der Waals surface area contributed by atoms with Crippen LogP contribution in [0.3, 0.4) is 0 Å². The first kappa shape index (κ1) is 27.0.